The Labute approximate surface area is 168 Å². The summed E-state index contributed by atoms with van der Waals surface area (Å²) < 4.78 is 28.1. The van der Waals surface area contributed by atoms with Crippen LogP contribution < -0.4 is 4.72 Å². The molecule has 1 aliphatic rings. The summed E-state index contributed by atoms with van der Waals surface area (Å²) in [4.78, 5) is 2.69. The van der Waals surface area contributed by atoms with Crippen molar-refractivity contribution in [1.29, 1.82) is 0 Å². The zero-order valence-electron chi connectivity index (χ0n) is 17.1. The number of hydrogen-bond acceptors (Lipinski definition) is 4. The van der Waals surface area contributed by atoms with Crippen molar-refractivity contribution in [2.75, 3.05) is 19.6 Å². The lowest BCUT2D eigenvalue weighted by atomic mass is 9.85. The van der Waals surface area contributed by atoms with Crippen molar-refractivity contribution in [1.82, 2.24) is 9.62 Å². The van der Waals surface area contributed by atoms with Gasteiger partial charge in [-0.25, -0.2) is 13.1 Å². The average molecular weight is 405 g/mol. The van der Waals surface area contributed by atoms with Gasteiger partial charge in [-0.1, -0.05) is 57.2 Å². The average Bonchev–Trinajstić information content (AvgIpc) is 3.13. The van der Waals surface area contributed by atoms with E-state index in [9.17, 15) is 13.5 Å². The van der Waals surface area contributed by atoms with E-state index < -0.39 is 16.1 Å². The molecule has 0 amide bonds. The molecule has 0 spiro atoms. The number of nitrogens with one attached hydrogen (secondary N) is 1. The fraction of sp³-hybridized carbons (Fsp3) is 0.545. The highest BCUT2D eigenvalue weighted by atomic mass is 32.2. The van der Waals surface area contributed by atoms with Gasteiger partial charge in [-0.15, -0.1) is 0 Å². The first kappa shape index (κ1) is 21.2. The second-order valence-electron chi connectivity index (χ2n) is 8.83. The van der Waals surface area contributed by atoms with Crippen LogP contribution in [0.5, 0.6) is 0 Å². The van der Waals surface area contributed by atoms with Crippen LogP contribution in [0, 0.1) is 5.41 Å². The normalized spacial score (nSPS) is 19.9. The van der Waals surface area contributed by atoms with Gasteiger partial charge in [0.2, 0.25) is 10.0 Å². The minimum absolute atomic E-state index is 0.0274. The Balaban J connectivity index is 1.58. The first-order chi connectivity index (χ1) is 13.2. The summed E-state index contributed by atoms with van der Waals surface area (Å²) in [6.45, 7) is 8.63. The van der Waals surface area contributed by atoms with Gasteiger partial charge in [-0.05, 0) is 42.7 Å². The Morgan fingerprint density at radius 3 is 2.64 bits per heavy atom. The monoisotopic (exact) mass is 404 g/mol. The maximum absolute atomic E-state index is 12.8. The van der Waals surface area contributed by atoms with E-state index >= 15 is 0 Å². The van der Waals surface area contributed by atoms with Crippen molar-refractivity contribution < 1.29 is 13.5 Å². The number of hydrogen-bond donors (Lipinski definition) is 2. The molecular weight excluding hydrogens is 372 g/mol. The molecule has 6 heteroatoms. The van der Waals surface area contributed by atoms with Gasteiger partial charge in [-0.2, -0.15) is 0 Å². The SMILES string of the molecule is CC(C)(C)C1CCCN1CC[C@@H](O)CNS(=O)(=O)c1cccc2ccccc12. The van der Waals surface area contributed by atoms with Gasteiger partial charge in [0, 0.05) is 24.5 Å². The Morgan fingerprint density at radius 2 is 1.89 bits per heavy atom. The Hall–Kier alpha value is -1.47. The quantitative estimate of drug-likeness (QED) is 0.742. The maximum Gasteiger partial charge on any atom is 0.241 e. The summed E-state index contributed by atoms with van der Waals surface area (Å²) in [5.41, 5.74) is 0.220. The van der Waals surface area contributed by atoms with Crippen LogP contribution >= 0.6 is 0 Å². The van der Waals surface area contributed by atoms with Crippen LogP contribution in [0.3, 0.4) is 0 Å². The van der Waals surface area contributed by atoms with Crippen LogP contribution in [-0.2, 0) is 10.0 Å². The summed E-state index contributed by atoms with van der Waals surface area (Å²) >= 11 is 0. The molecule has 1 unspecified atom stereocenters. The largest absolute Gasteiger partial charge is 0.392 e. The van der Waals surface area contributed by atoms with Gasteiger partial charge in [0.1, 0.15) is 0 Å². The molecule has 2 aromatic rings. The second-order valence-corrected chi connectivity index (χ2v) is 10.6. The Bertz CT molecular complexity index is 900. The lowest BCUT2D eigenvalue weighted by Crippen LogP contribution is -2.41. The lowest BCUT2D eigenvalue weighted by Gasteiger charge is -2.35. The van der Waals surface area contributed by atoms with E-state index in [-0.39, 0.29) is 16.9 Å². The first-order valence-corrected chi connectivity index (χ1v) is 11.6. The van der Waals surface area contributed by atoms with Crippen LogP contribution in [-0.4, -0.2) is 50.2 Å². The van der Waals surface area contributed by atoms with Crippen LogP contribution in [0.2, 0.25) is 0 Å². The zero-order valence-corrected chi connectivity index (χ0v) is 17.9. The summed E-state index contributed by atoms with van der Waals surface area (Å²) in [5.74, 6) is 0. The van der Waals surface area contributed by atoms with Gasteiger partial charge in [0.05, 0.1) is 11.0 Å². The molecule has 2 N–H and O–H groups in total. The highest BCUT2D eigenvalue weighted by molar-refractivity contribution is 7.89. The number of likely N-dealkylation sites (tertiary alicyclic amines) is 1. The molecule has 154 valence electrons. The second kappa shape index (κ2) is 8.49. The predicted octanol–water partition coefficient (Wildman–Crippen LogP) is 3.38. The minimum Gasteiger partial charge on any atom is -0.392 e. The highest BCUT2D eigenvalue weighted by Gasteiger charge is 2.33. The van der Waals surface area contributed by atoms with Crippen molar-refractivity contribution in [2.24, 2.45) is 5.41 Å². The third-order valence-corrected chi connectivity index (χ3v) is 7.14. The van der Waals surface area contributed by atoms with Crippen LogP contribution in [0.25, 0.3) is 10.8 Å². The van der Waals surface area contributed by atoms with E-state index in [2.05, 4.69) is 30.4 Å². The smallest absolute Gasteiger partial charge is 0.241 e. The van der Waals surface area contributed by atoms with E-state index in [4.69, 9.17) is 0 Å². The molecular formula is C22H32N2O3S. The number of nitrogens with zero attached hydrogens (tertiary/aromatic N) is 1. The van der Waals surface area contributed by atoms with Crippen molar-refractivity contribution in [3.63, 3.8) is 0 Å². The van der Waals surface area contributed by atoms with Crippen molar-refractivity contribution in [3.8, 4) is 0 Å². The maximum atomic E-state index is 12.8. The minimum atomic E-state index is -3.68. The lowest BCUT2D eigenvalue weighted by molar-refractivity contribution is 0.105. The molecule has 0 radical (unpaired) electrons. The standard InChI is InChI=1S/C22H32N2O3S/c1-22(2,3)21-12-7-14-24(21)15-13-18(25)16-23-28(26,27)20-11-6-9-17-8-4-5-10-19(17)20/h4-6,8-11,18,21,23,25H,7,12-16H2,1-3H3/t18-,21?/m1/s1. The van der Waals surface area contributed by atoms with Gasteiger partial charge >= 0.3 is 0 Å². The first-order valence-electron chi connectivity index (χ1n) is 10.1. The van der Waals surface area contributed by atoms with Crippen molar-refractivity contribution in [2.45, 2.75) is 57.1 Å². The van der Waals surface area contributed by atoms with Crippen LogP contribution in [0.4, 0.5) is 0 Å². The number of rotatable bonds is 7. The number of sulfonamides is 1. The molecule has 1 fully saturated rings. The third-order valence-electron chi connectivity index (χ3n) is 5.66. The fourth-order valence-corrected chi connectivity index (χ4v) is 5.51. The molecule has 0 bridgehead atoms. The highest BCUT2D eigenvalue weighted by Crippen LogP contribution is 2.32. The molecule has 1 saturated heterocycles. The molecule has 5 nitrogen and oxygen atoms in total. The molecule has 2 atom stereocenters. The topological polar surface area (TPSA) is 69.6 Å². The van der Waals surface area contributed by atoms with Gasteiger partial charge in [0.15, 0.2) is 0 Å². The molecule has 0 aromatic heterocycles. The van der Waals surface area contributed by atoms with E-state index in [1.165, 1.54) is 12.8 Å². The fourth-order valence-electron chi connectivity index (χ4n) is 4.21. The summed E-state index contributed by atoms with van der Waals surface area (Å²) in [6, 6.07) is 13.2. The van der Waals surface area contributed by atoms with Crippen molar-refractivity contribution in [3.05, 3.63) is 42.5 Å². The van der Waals surface area contributed by atoms with E-state index in [0.717, 1.165) is 18.5 Å². The van der Waals surface area contributed by atoms with E-state index in [0.29, 0.717) is 17.8 Å². The number of aliphatic hydroxyl groups excluding tert-OH is 1. The molecule has 2 aromatic carbocycles. The number of aliphatic hydroxyl groups is 1. The molecule has 3 rings (SSSR count). The van der Waals surface area contributed by atoms with Gasteiger partial charge < -0.3 is 5.11 Å². The number of fused-ring (bicyclic) bond motifs is 1. The van der Waals surface area contributed by atoms with Crippen molar-refractivity contribution >= 4 is 20.8 Å². The van der Waals surface area contributed by atoms with E-state index in [1.807, 2.05) is 24.3 Å². The summed E-state index contributed by atoms with van der Waals surface area (Å²) in [7, 11) is -3.68. The van der Waals surface area contributed by atoms with Gasteiger partial charge in [0.25, 0.3) is 0 Å². The van der Waals surface area contributed by atoms with Crippen LogP contribution in [0.15, 0.2) is 47.4 Å². The van der Waals surface area contributed by atoms with E-state index in [1.54, 1.807) is 18.2 Å². The summed E-state index contributed by atoms with van der Waals surface area (Å²) in [6.07, 6.45) is 2.23. The summed E-state index contributed by atoms with van der Waals surface area (Å²) in [5, 5.41) is 11.9. The zero-order chi connectivity index (χ0) is 20.4. The Morgan fingerprint density at radius 1 is 1.18 bits per heavy atom. The van der Waals surface area contributed by atoms with Crippen LogP contribution in [0.1, 0.15) is 40.0 Å². The molecule has 0 saturated carbocycles. The predicted molar refractivity (Wildman–Crippen MR) is 114 cm³/mol. The third kappa shape index (κ3) is 4.92. The molecule has 1 aliphatic heterocycles. The molecule has 1 heterocycles. The Kier molecular flexibility index (Phi) is 6.44. The molecule has 28 heavy (non-hydrogen) atoms. The molecule has 0 aliphatic carbocycles. The van der Waals surface area contributed by atoms with Gasteiger partial charge in [-0.3, -0.25) is 4.90 Å². The number of benzene rings is 2.